The Labute approximate surface area is 150 Å². The normalized spacial score (nSPS) is 16.7. The smallest absolute Gasteiger partial charge is 0.411 e. The minimum Gasteiger partial charge on any atom is -0.444 e. The number of rotatable bonds is 3. The highest BCUT2D eigenvalue weighted by atomic mass is 79.9. The van der Waals surface area contributed by atoms with Gasteiger partial charge in [-0.15, -0.1) is 0 Å². The Morgan fingerprint density at radius 1 is 1.42 bits per heavy atom. The van der Waals surface area contributed by atoms with Crippen molar-refractivity contribution >= 4 is 33.1 Å². The predicted molar refractivity (Wildman–Crippen MR) is 97.9 cm³/mol. The van der Waals surface area contributed by atoms with Crippen molar-refractivity contribution in [3.8, 4) is 0 Å². The fourth-order valence-corrected chi connectivity index (χ4v) is 3.63. The molecule has 0 atom stereocenters. The van der Waals surface area contributed by atoms with Gasteiger partial charge in [0.2, 0.25) is 0 Å². The van der Waals surface area contributed by atoms with Gasteiger partial charge in [-0.3, -0.25) is 4.90 Å². The van der Waals surface area contributed by atoms with Crippen molar-refractivity contribution < 1.29 is 9.53 Å². The van der Waals surface area contributed by atoms with Crippen molar-refractivity contribution in [2.75, 3.05) is 6.54 Å². The van der Waals surface area contributed by atoms with E-state index in [2.05, 4.69) is 20.9 Å². The van der Waals surface area contributed by atoms with Crippen molar-refractivity contribution in [2.24, 2.45) is 0 Å². The molecule has 0 radical (unpaired) electrons. The Kier molecular flexibility index (Phi) is 4.36. The number of amides is 1. The fourth-order valence-electron chi connectivity index (χ4n) is 3.27. The predicted octanol–water partition coefficient (Wildman–Crippen LogP) is 4.96. The molecule has 1 heterocycles. The molecule has 1 aliphatic carbocycles. The largest absolute Gasteiger partial charge is 0.444 e. The van der Waals surface area contributed by atoms with Crippen LogP contribution in [0.15, 0.2) is 22.7 Å². The van der Waals surface area contributed by atoms with Crippen LogP contribution in [0.2, 0.25) is 0 Å². The molecular weight excluding hydrogens is 370 g/mol. The zero-order chi connectivity index (χ0) is 17.5. The van der Waals surface area contributed by atoms with Gasteiger partial charge in [-0.25, -0.2) is 9.78 Å². The van der Waals surface area contributed by atoms with Crippen LogP contribution in [-0.4, -0.2) is 33.1 Å². The quantitative estimate of drug-likeness (QED) is 0.801. The topological polar surface area (TPSA) is 58.2 Å². The van der Waals surface area contributed by atoms with E-state index in [-0.39, 0.29) is 11.6 Å². The van der Waals surface area contributed by atoms with Crippen molar-refractivity contribution in [1.29, 1.82) is 0 Å². The molecule has 1 aromatic carbocycles. The summed E-state index contributed by atoms with van der Waals surface area (Å²) < 4.78 is 6.63. The third-order valence-electron chi connectivity index (χ3n) is 4.51. The SMILES string of the molecule is CCN(C(=O)OC(C)(C)C)C1(c2nc3ccc(Br)cc3[nH]2)CCC1. The van der Waals surface area contributed by atoms with E-state index in [4.69, 9.17) is 9.72 Å². The summed E-state index contributed by atoms with van der Waals surface area (Å²) >= 11 is 3.49. The van der Waals surface area contributed by atoms with Gasteiger partial charge in [0.25, 0.3) is 0 Å². The Hall–Kier alpha value is -1.56. The molecule has 0 spiro atoms. The summed E-state index contributed by atoms with van der Waals surface area (Å²) in [6.45, 7) is 8.26. The molecule has 1 saturated carbocycles. The maximum atomic E-state index is 12.7. The van der Waals surface area contributed by atoms with Crippen LogP contribution in [0, 0.1) is 0 Å². The second-order valence-corrected chi connectivity index (χ2v) is 8.27. The molecule has 1 fully saturated rings. The third-order valence-corrected chi connectivity index (χ3v) is 5.01. The van der Waals surface area contributed by atoms with Gasteiger partial charge in [0.1, 0.15) is 17.0 Å². The number of hydrogen-bond donors (Lipinski definition) is 1. The number of nitrogens with one attached hydrogen (secondary N) is 1. The molecule has 0 bridgehead atoms. The molecule has 0 aliphatic heterocycles. The zero-order valence-electron chi connectivity index (χ0n) is 14.6. The number of nitrogens with zero attached hydrogens (tertiary/aromatic N) is 2. The molecule has 3 rings (SSSR count). The summed E-state index contributed by atoms with van der Waals surface area (Å²) in [5.41, 5.74) is 1.00. The van der Waals surface area contributed by atoms with Crippen LogP contribution in [-0.2, 0) is 10.3 Å². The van der Waals surface area contributed by atoms with E-state index in [1.807, 2.05) is 50.8 Å². The van der Waals surface area contributed by atoms with E-state index in [9.17, 15) is 4.79 Å². The number of ether oxygens (including phenoxy) is 1. The number of H-pyrrole nitrogens is 1. The van der Waals surface area contributed by atoms with Crippen molar-refractivity contribution in [2.45, 2.75) is 58.1 Å². The first kappa shape index (κ1) is 17.3. The minimum absolute atomic E-state index is 0.272. The van der Waals surface area contributed by atoms with Crippen LogP contribution in [0.25, 0.3) is 11.0 Å². The Balaban J connectivity index is 1.98. The first-order valence-corrected chi connectivity index (χ1v) is 9.21. The highest BCUT2D eigenvalue weighted by Gasteiger charge is 2.49. The summed E-state index contributed by atoms with van der Waals surface area (Å²) in [5.74, 6) is 0.856. The molecule has 1 N–H and O–H groups in total. The molecule has 1 amide bonds. The molecule has 6 heteroatoms. The lowest BCUT2D eigenvalue weighted by atomic mass is 9.74. The van der Waals surface area contributed by atoms with Gasteiger partial charge >= 0.3 is 6.09 Å². The Bertz CT molecular complexity index is 759. The van der Waals surface area contributed by atoms with Crippen molar-refractivity contribution in [3.63, 3.8) is 0 Å². The number of aromatic amines is 1. The first-order chi connectivity index (χ1) is 11.2. The molecule has 1 aromatic heterocycles. The van der Waals surface area contributed by atoms with Gasteiger partial charge < -0.3 is 9.72 Å². The fraction of sp³-hybridized carbons (Fsp3) is 0.556. The number of benzene rings is 1. The molecule has 2 aromatic rings. The molecular formula is C18H24BrN3O2. The van der Waals surface area contributed by atoms with Crippen LogP contribution in [0.5, 0.6) is 0 Å². The number of carbonyl (C=O) groups is 1. The van der Waals surface area contributed by atoms with E-state index < -0.39 is 5.60 Å². The number of fused-ring (bicyclic) bond motifs is 1. The molecule has 130 valence electrons. The van der Waals surface area contributed by atoms with Crippen molar-refractivity contribution in [1.82, 2.24) is 14.9 Å². The highest BCUT2D eigenvalue weighted by molar-refractivity contribution is 9.10. The van der Waals surface area contributed by atoms with Gasteiger partial charge in [-0.05, 0) is 65.2 Å². The average Bonchev–Trinajstić information content (AvgIpc) is 2.83. The maximum absolute atomic E-state index is 12.7. The summed E-state index contributed by atoms with van der Waals surface area (Å²) in [6, 6.07) is 5.98. The molecule has 1 aliphatic rings. The number of hydrogen-bond acceptors (Lipinski definition) is 3. The van der Waals surface area contributed by atoms with Crippen LogP contribution < -0.4 is 0 Å². The molecule has 5 nitrogen and oxygen atoms in total. The summed E-state index contributed by atoms with van der Waals surface area (Å²) in [7, 11) is 0. The van der Waals surface area contributed by atoms with Crippen LogP contribution >= 0.6 is 15.9 Å². The summed E-state index contributed by atoms with van der Waals surface area (Å²) in [4.78, 5) is 22.7. The van der Waals surface area contributed by atoms with E-state index in [1.165, 1.54) is 0 Å². The van der Waals surface area contributed by atoms with E-state index in [0.717, 1.165) is 40.6 Å². The second-order valence-electron chi connectivity index (χ2n) is 7.36. The van der Waals surface area contributed by atoms with Gasteiger partial charge in [-0.1, -0.05) is 15.9 Å². The minimum atomic E-state index is -0.506. The monoisotopic (exact) mass is 393 g/mol. The van der Waals surface area contributed by atoms with Gasteiger partial charge in [0.05, 0.1) is 11.0 Å². The average molecular weight is 394 g/mol. The van der Waals surface area contributed by atoms with E-state index in [0.29, 0.717) is 6.54 Å². The van der Waals surface area contributed by atoms with Crippen LogP contribution in [0.4, 0.5) is 4.79 Å². The standard InChI is InChI=1S/C18H24BrN3O2/c1-5-22(16(23)24-17(2,3)4)18(9-6-10-18)15-20-13-8-7-12(19)11-14(13)21-15/h7-8,11H,5-6,9-10H2,1-4H3,(H,20,21). The van der Waals surface area contributed by atoms with E-state index in [1.54, 1.807) is 0 Å². The van der Waals surface area contributed by atoms with E-state index >= 15 is 0 Å². The number of halogens is 1. The second kappa shape index (κ2) is 6.06. The lowest BCUT2D eigenvalue weighted by Crippen LogP contribution is -2.55. The van der Waals surface area contributed by atoms with Crippen LogP contribution in [0.1, 0.15) is 52.8 Å². The van der Waals surface area contributed by atoms with Gasteiger partial charge in [0, 0.05) is 11.0 Å². The molecule has 24 heavy (non-hydrogen) atoms. The maximum Gasteiger partial charge on any atom is 0.411 e. The number of imidazole rings is 1. The lowest BCUT2D eigenvalue weighted by Gasteiger charge is -2.48. The van der Waals surface area contributed by atoms with Crippen LogP contribution in [0.3, 0.4) is 0 Å². The highest BCUT2D eigenvalue weighted by Crippen LogP contribution is 2.46. The first-order valence-electron chi connectivity index (χ1n) is 8.41. The number of aromatic nitrogens is 2. The zero-order valence-corrected chi connectivity index (χ0v) is 16.2. The van der Waals surface area contributed by atoms with Gasteiger partial charge in [-0.2, -0.15) is 0 Å². The van der Waals surface area contributed by atoms with Crippen molar-refractivity contribution in [3.05, 3.63) is 28.5 Å². The Morgan fingerprint density at radius 3 is 2.67 bits per heavy atom. The van der Waals surface area contributed by atoms with Gasteiger partial charge in [0.15, 0.2) is 0 Å². The lowest BCUT2D eigenvalue weighted by molar-refractivity contribution is -0.0304. The molecule has 0 saturated heterocycles. The molecule has 0 unspecified atom stereocenters. The Morgan fingerprint density at radius 2 is 2.12 bits per heavy atom. The summed E-state index contributed by atoms with van der Waals surface area (Å²) in [5, 5.41) is 0. The summed E-state index contributed by atoms with van der Waals surface area (Å²) in [6.07, 6.45) is 2.62. The third kappa shape index (κ3) is 3.04. The number of carbonyl (C=O) groups excluding carboxylic acids is 1.